The quantitative estimate of drug-likeness (QED) is 0.233. The molecule has 2 heterocycles. The van der Waals surface area contributed by atoms with Gasteiger partial charge in [-0.1, -0.05) is 41.1 Å². The molecular formula is C28H25ClFN3O4S. The molecule has 1 saturated heterocycles. The molecule has 0 bridgehead atoms. The zero-order valence-electron chi connectivity index (χ0n) is 20.6. The van der Waals surface area contributed by atoms with Crippen LogP contribution in [0.5, 0.6) is 11.5 Å². The van der Waals surface area contributed by atoms with Gasteiger partial charge in [-0.25, -0.2) is 9.18 Å². The van der Waals surface area contributed by atoms with Crippen molar-refractivity contribution >= 4 is 34.6 Å². The topological polar surface area (TPSA) is 73.8 Å². The average molecular weight is 554 g/mol. The molecule has 1 aliphatic rings. The van der Waals surface area contributed by atoms with Gasteiger partial charge in [-0.2, -0.15) is 0 Å². The summed E-state index contributed by atoms with van der Waals surface area (Å²) in [6.45, 7) is 1.59. The van der Waals surface area contributed by atoms with Gasteiger partial charge in [0.2, 0.25) is 0 Å². The Balaban J connectivity index is 1.20. The highest BCUT2D eigenvalue weighted by Crippen LogP contribution is 2.36. The third-order valence-corrected chi connectivity index (χ3v) is 7.45. The van der Waals surface area contributed by atoms with Gasteiger partial charge in [0, 0.05) is 43.8 Å². The lowest BCUT2D eigenvalue weighted by molar-refractivity contribution is 0.0471. The van der Waals surface area contributed by atoms with Crippen molar-refractivity contribution in [2.75, 3.05) is 25.1 Å². The van der Waals surface area contributed by atoms with Crippen LogP contribution >= 0.6 is 22.9 Å². The van der Waals surface area contributed by atoms with Crippen molar-refractivity contribution in [2.24, 2.45) is 0 Å². The molecule has 7 nitrogen and oxygen atoms in total. The Hall–Kier alpha value is -3.69. The molecule has 1 fully saturated rings. The number of anilines is 1. The van der Waals surface area contributed by atoms with E-state index in [1.807, 2.05) is 24.3 Å². The number of benzene rings is 3. The Morgan fingerprint density at radius 2 is 1.84 bits per heavy atom. The van der Waals surface area contributed by atoms with E-state index >= 15 is 0 Å². The van der Waals surface area contributed by atoms with E-state index in [0.29, 0.717) is 32.1 Å². The molecule has 38 heavy (non-hydrogen) atoms. The highest BCUT2D eigenvalue weighted by molar-refractivity contribution is 7.14. The van der Waals surface area contributed by atoms with Crippen molar-refractivity contribution in [1.82, 2.24) is 10.2 Å². The number of aromatic nitrogens is 2. The van der Waals surface area contributed by atoms with E-state index in [2.05, 4.69) is 15.1 Å². The predicted octanol–water partition coefficient (Wildman–Crippen LogP) is 6.41. The number of carbonyl (C=O) groups is 1. The number of carbonyl (C=O) groups excluding carboxylic acids is 1. The van der Waals surface area contributed by atoms with Crippen molar-refractivity contribution in [3.05, 3.63) is 88.1 Å². The standard InChI is InChI=1S/C28H25ClFN3O4S/c1-35-24-16-20(33-13-11-21(12-14-33)37-25-15-19(30)7-10-23(25)29)8-9-22(24)27-32-31-26(38-27)17-36-28(34)18-5-3-2-4-6-18/h2-10,15-16,21H,11-14,17H2,1H3. The van der Waals surface area contributed by atoms with Crippen LogP contribution in [-0.2, 0) is 11.3 Å². The van der Waals surface area contributed by atoms with Crippen molar-refractivity contribution in [2.45, 2.75) is 25.6 Å². The molecule has 4 aromatic rings. The minimum atomic E-state index is -0.405. The molecule has 3 aromatic carbocycles. The SMILES string of the molecule is COc1cc(N2CCC(Oc3cc(F)ccc3Cl)CC2)ccc1-c1nnc(COC(=O)c2ccccc2)s1. The predicted molar refractivity (Wildman–Crippen MR) is 145 cm³/mol. The highest BCUT2D eigenvalue weighted by atomic mass is 35.5. The van der Waals surface area contributed by atoms with Crippen LogP contribution in [0.1, 0.15) is 28.2 Å². The maximum atomic E-state index is 13.6. The van der Waals surface area contributed by atoms with Crippen LogP contribution in [0, 0.1) is 5.82 Å². The first-order valence-electron chi connectivity index (χ1n) is 12.1. The lowest BCUT2D eigenvalue weighted by Crippen LogP contribution is -2.38. The molecule has 0 unspecified atom stereocenters. The molecule has 10 heteroatoms. The summed E-state index contributed by atoms with van der Waals surface area (Å²) in [6, 6.07) is 18.9. The Bertz CT molecular complexity index is 1410. The third-order valence-electron chi connectivity index (χ3n) is 6.21. The largest absolute Gasteiger partial charge is 0.496 e. The normalized spacial score (nSPS) is 13.8. The lowest BCUT2D eigenvalue weighted by Gasteiger charge is -2.34. The van der Waals surface area contributed by atoms with Crippen LogP contribution in [0.2, 0.25) is 5.02 Å². The van der Waals surface area contributed by atoms with Gasteiger partial charge in [0.05, 0.1) is 23.3 Å². The summed E-state index contributed by atoms with van der Waals surface area (Å²) in [6.07, 6.45) is 1.51. The van der Waals surface area contributed by atoms with E-state index in [-0.39, 0.29) is 18.5 Å². The zero-order chi connectivity index (χ0) is 26.5. The Morgan fingerprint density at radius 3 is 2.61 bits per heavy atom. The zero-order valence-corrected chi connectivity index (χ0v) is 22.2. The van der Waals surface area contributed by atoms with Crippen LogP contribution < -0.4 is 14.4 Å². The molecule has 0 saturated carbocycles. The van der Waals surface area contributed by atoms with Gasteiger partial charge in [-0.15, -0.1) is 10.2 Å². The first kappa shape index (κ1) is 25.9. The minimum absolute atomic E-state index is 0.0393. The molecule has 1 aliphatic heterocycles. The van der Waals surface area contributed by atoms with Gasteiger partial charge >= 0.3 is 5.97 Å². The monoisotopic (exact) mass is 553 g/mol. The Kier molecular flexibility index (Phi) is 8.05. The Morgan fingerprint density at radius 1 is 1.05 bits per heavy atom. The average Bonchev–Trinajstić information content (AvgIpc) is 3.43. The molecule has 0 spiro atoms. The van der Waals surface area contributed by atoms with Crippen LogP contribution in [0.25, 0.3) is 10.6 Å². The summed E-state index contributed by atoms with van der Waals surface area (Å²) in [5, 5.41) is 10.1. The summed E-state index contributed by atoms with van der Waals surface area (Å²) >= 11 is 7.50. The van der Waals surface area contributed by atoms with Crippen molar-refractivity contribution in [3.8, 4) is 22.1 Å². The number of ether oxygens (including phenoxy) is 3. The number of esters is 1. The van der Waals surface area contributed by atoms with E-state index in [0.717, 1.165) is 37.2 Å². The van der Waals surface area contributed by atoms with Crippen molar-refractivity contribution < 1.29 is 23.4 Å². The number of nitrogens with zero attached hydrogens (tertiary/aromatic N) is 3. The summed E-state index contributed by atoms with van der Waals surface area (Å²) in [4.78, 5) is 14.5. The first-order valence-corrected chi connectivity index (χ1v) is 13.3. The Labute approximate surface area is 228 Å². The molecule has 0 aliphatic carbocycles. The van der Waals surface area contributed by atoms with E-state index in [9.17, 15) is 9.18 Å². The van der Waals surface area contributed by atoms with E-state index in [1.54, 1.807) is 31.4 Å². The van der Waals surface area contributed by atoms with Gasteiger partial charge in [-0.05, 0) is 36.4 Å². The molecular weight excluding hydrogens is 529 g/mol. The van der Waals surface area contributed by atoms with Gasteiger partial charge in [0.25, 0.3) is 0 Å². The fourth-order valence-corrected chi connectivity index (χ4v) is 5.18. The second kappa shape index (κ2) is 11.8. The minimum Gasteiger partial charge on any atom is -0.496 e. The van der Waals surface area contributed by atoms with Crippen LogP contribution in [0.15, 0.2) is 66.7 Å². The summed E-state index contributed by atoms with van der Waals surface area (Å²) < 4.78 is 30.6. The second-order valence-corrected chi connectivity index (χ2v) is 10.2. The van der Waals surface area contributed by atoms with Gasteiger partial charge in [0.15, 0.2) is 10.0 Å². The summed E-state index contributed by atoms with van der Waals surface area (Å²) in [5.41, 5.74) is 2.32. The fourth-order valence-electron chi connectivity index (χ4n) is 4.24. The molecule has 1 aromatic heterocycles. The number of hydrogen-bond donors (Lipinski definition) is 0. The van der Waals surface area contributed by atoms with E-state index < -0.39 is 5.97 Å². The molecule has 0 N–H and O–H groups in total. The van der Waals surface area contributed by atoms with Gasteiger partial charge < -0.3 is 19.1 Å². The molecule has 0 radical (unpaired) electrons. The second-order valence-electron chi connectivity index (χ2n) is 8.71. The maximum Gasteiger partial charge on any atom is 0.338 e. The smallest absolute Gasteiger partial charge is 0.338 e. The highest BCUT2D eigenvalue weighted by Gasteiger charge is 2.23. The van der Waals surface area contributed by atoms with Crippen LogP contribution in [-0.4, -0.2) is 42.5 Å². The maximum absolute atomic E-state index is 13.6. The number of hydrogen-bond acceptors (Lipinski definition) is 8. The van der Waals surface area contributed by atoms with Crippen molar-refractivity contribution in [3.63, 3.8) is 0 Å². The fraction of sp³-hybridized carbons (Fsp3) is 0.250. The number of piperidine rings is 1. The third kappa shape index (κ3) is 6.06. The van der Waals surface area contributed by atoms with Crippen LogP contribution in [0.3, 0.4) is 0 Å². The lowest BCUT2D eigenvalue weighted by atomic mass is 10.1. The first-order chi connectivity index (χ1) is 18.5. The number of halogens is 2. The van der Waals surface area contributed by atoms with Gasteiger partial charge in [-0.3, -0.25) is 0 Å². The summed E-state index contributed by atoms with van der Waals surface area (Å²) in [5.74, 6) is 0.279. The number of methoxy groups -OCH3 is 1. The van der Waals surface area contributed by atoms with Gasteiger partial charge in [0.1, 0.15) is 30.0 Å². The summed E-state index contributed by atoms with van der Waals surface area (Å²) in [7, 11) is 1.62. The van der Waals surface area contributed by atoms with Crippen LogP contribution in [0.4, 0.5) is 10.1 Å². The molecule has 0 amide bonds. The van der Waals surface area contributed by atoms with E-state index in [1.165, 1.54) is 29.5 Å². The van der Waals surface area contributed by atoms with Crippen molar-refractivity contribution in [1.29, 1.82) is 0 Å². The molecule has 196 valence electrons. The van der Waals surface area contributed by atoms with E-state index in [4.69, 9.17) is 25.8 Å². The molecule has 5 rings (SSSR count). The number of rotatable bonds is 8. The molecule has 0 atom stereocenters.